The van der Waals surface area contributed by atoms with Crippen LogP contribution in [0.2, 0.25) is 0 Å². The van der Waals surface area contributed by atoms with E-state index in [0.717, 1.165) is 34.3 Å². The van der Waals surface area contributed by atoms with Crippen molar-refractivity contribution in [3.8, 4) is 11.3 Å². The summed E-state index contributed by atoms with van der Waals surface area (Å²) in [5, 5.41) is 7.54. The van der Waals surface area contributed by atoms with Crippen LogP contribution in [0.25, 0.3) is 11.3 Å². The molecule has 1 N–H and O–H groups in total. The summed E-state index contributed by atoms with van der Waals surface area (Å²) in [7, 11) is 0. The lowest BCUT2D eigenvalue weighted by atomic mass is 10.1. The molecular weight excluding hydrogens is 332 g/mol. The fourth-order valence-electron chi connectivity index (χ4n) is 2.53. The fourth-order valence-corrected chi connectivity index (χ4v) is 3.13. The van der Waals surface area contributed by atoms with E-state index in [9.17, 15) is 0 Å². The van der Waals surface area contributed by atoms with E-state index in [1.165, 1.54) is 0 Å². The van der Waals surface area contributed by atoms with Crippen LogP contribution in [0.3, 0.4) is 0 Å². The standard InChI is InChI=1S/C16H19BrN2O2/c1-16(2)20-10-12(21-16)8-9-13-14(17)15(19-18-13)11-6-4-3-5-7-11/h3-7,12H,8-10H2,1-2H3,(H,18,19). The molecule has 112 valence electrons. The van der Waals surface area contributed by atoms with Crippen LogP contribution in [0, 0.1) is 0 Å². The van der Waals surface area contributed by atoms with Gasteiger partial charge in [-0.2, -0.15) is 5.10 Å². The number of rotatable bonds is 4. The van der Waals surface area contributed by atoms with Gasteiger partial charge >= 0.3 is 0 Å². The Morgan fingerprint density at radius 2 is 2.10 bits per heavy atom. The van der Waals surface area contributed by atoms with Gasteiger partial charge in [0.2, 0.25) is 0 Å². The molecule has 3 rings (SSSR count). The van der Waals surface area contributed by atoms with Gasteiger partial charge in [-0.1, -0.05) is 30.3 Å². The van der Waals surface area contributed by atoms with Crippen molar-refractivity contribution in [1.82, 2.24) is 10.2 Å². The van der Waals surface area contributed by atoms with Crippen LogP contribution in [0.4, 0.5) is 0 Å². The predicted molar refractivity (Wildman–Crippen MR) is 84.9 cm³/mol. The number of nitrogens with zero attached hydrogens (tertiary/aromatic N) is 1. The predicted octanol–water partition coefficient (Wildman–Crippen LogP) is 3.92. The molecule has 1 unspecified atom stereocenters. The Labute approximate surface area is 133 Å². The second-order valence-corrected chi connectivity index (χ2v) is 6.51. The number of nitrogens with one attached hydrogen (secondary N) is 1. The van der Waals surface area contributed by atoms with Crippen molar-refractivity contribution in [1.29, 1.82) is 0 Å². The van der Waals surface area contributed by atoms with Crippen molar-refractivity contribution >= 4 is 15.9 Å². The molecule has 0 aliphatic carbocycles. The van der Waals surface area contributed by atoms with Gasteiger partial charge in [-0.25, -0.2) is 0 Å². The Kier molecular flexibility index (Phi) is 4.15. The molecule has 1 saturated heterocycles. The molecule has 1 fully saturated rings. The lowest BCUT2D eigenvalue weighted by molar-refractivity contribution is -0.138. The smallest absolute Gasteiger partial charge is 0.163 e. The Morgan fingerprint density at radius 1 is 1.33 bits per heavy atom. The maximum absolute atomic E-state index is 5.83. The summed E-state index contributed by atoms with van der Waals surface area (Å²) >= 11 is 3.65. The highest BCUT2D eigenvalue weighted by atomic mass is 79.9. The van der Waals surface area contributed by atoms with Crippen LogP contribution in [0.1, 0.15) is 26.0 Å². The molecule has 2 heterocycles. The molecule has 0 saturated carbocycles. The first-order valence-corrected chi connectivity index (χ1v) is 7.94. The third-order valence-corrected chi connectivity index (χ3v) is 4.46. The molecule has 2 aromatic rings. The first kappa shape index (κ1) is 14.8. The Hall–Kier alpha value is -1.17. The summed E-state index contributed by atoms with van der Waals surface area (Å²) in [5.41, 5.74) is 3.16. The van der Waals surface area contributed by atoms with E-state index in [1.807, 2.05) is 32.0 Å². The first-order valence-electron chi connectivity index (χ1n) is 7.15. The van der Waals surface area contributed by atoms with Crippen molar-refractivity contribution in [2.45, 2.75) is 38.6 Å². The highest BCUT2D eigenvalue weighted by Gasteiger charge is 2.32. The minimum atomic E-state index is -0.453. The minimum absolute atomic E-state index is 0.148. The number of aromatic amines is 1. The number of H-pyrrole nitrogens is 1. The van der Waals surface area contributed by atoms with Crippen LogP contribution in [0.15, 0.2) is 34.8 Å². The molecule has 1 aromatic heterocycles. The van der Waals surface area contributed by atoms with Crippen molar-refractivity contribution in [3.63, 3.8) is 0 Å². The topological polar surface area (TPSA) is 47.1 Å². The quantitative estimate of drug-likeness (QED) is 0.908. The van der Waals surface area contributed by atoms with Crippen molar-refractivity contribution in [2.24, 2.45) is 0 Å². The molecule has 5 heteroatoms. The van der Waals surface area contributed by atoms with E-state index in [1.54, 1.807) is 0 Å². The molecule has 0 spiro atoms. The van der Waals surface area contributed by atoms with E-state index >= 15 is 0 Å². The molecule has 1 aliphatic heterocycles. The van der Waals surface area contributed by atoms with Crippen LogP contribution < -0.4 is 0 Å². The molecule has 0 radical (unpaired) electrons. The van der Waals surface area contributed by atoms with E-state index in [-0.39, 0.29) is 6.10 Å². The molecular formula is C16H19BrN2O2. The molecule has 0 amide bonds. The van der Waals surface area contributed by atoms with Crippen LogP contribution >= 0.6 is 15.9 Å². The maximum Gasteiger partial charge on any atom is 0.163 e. The van der Waals surface area contributed by atoms with Gasteiger partial charge in [0.15, 0.2) is 5.79 Å². The monoisotopic (exact) mass is 350 g/mol. The van der Waals surface area contributed by atoms with Crippen molar-refractivity contribution in [3.05, 3.63) is 40.5 Å². The summed E-state index contributed by atoms with van der Waals surface area (Å²) < 4.78 is 12.5. The third kappa shape index (κ3) is 3.36. The van der Waals surface area contributed by atoms with Gasteiger partial charge < -0.3 is 9.47 Å². The van der Waals surface area contributed by atoms with E-state index in [4.69, 9.17) is 9.47 Å². The summed E-state index contributed by atoms with van der Waals surface area (Å²) in [6, 6.07) is 10.1. The zero-order valence-corrected chi connectivity index (χ0v) is 13.8. The highest BCUT2D eigenvalue weighted by molar-refractivity contribution is 9.10. The molecule has 1 atom stereocenters. The number of aryl methyl sites for hydroxylation is 1. The molecule has 4 nitrogen and oxygen atoms in total. The van der Waals surface area contributed by atoms with Crippen molar-refractivity contribution in [2.75, 3.05) is 6.61 Å². The lowest BCUT2D eigenvalue weighted by Crippen LogP contribution is -2.21. The number of aromatic nitrogens is 2. The summed E-state index contributed by atoms with van der Waals surface area (Å²) in [6.07, 6.45) is 1.94. The first-order chi connectivity index (χ1) is 10.1. The van der Waals surface area contributed by atoms with Gasteiger partial charge in [-0.05, 0) is 42.6 Å². The molecule has 0 bridgehead atoms. The van der Waals surface area contributed by atoms with Crippen LogP contribution in [0.5, 0.6) is 0 Å². The Morgan fingerprint density at radius 3 is 2.76 bits per heavy atom. The van der Waals surface area contributed by atoms with Gasteiger partial charge in [0.1, 0.15) is 5.69 Å². The lowest BCUT2D eigenvalue weighted by Gasteiger charge is -2.16. The minimum Gasteiger partial charge on any atom is -0.348 e. The van der Waals surface area contributed by atoms with Crippen molar-refractivity contribution < 1.29 is 9.47 Å². The normalized spacial score (nSPS) is 20.8. The van der Waals surface area contributed by atoms with Gasteiger partial charge in [-0.3, -0.25) is 5.10 Å². The zero-order valence-electron chi connectivity index (χ0n) is 12.2. The number of halogens is 1. The second-order valence-electron chi connectivity index (χ2n) is 5.72. The van der Waals surface area contributed by atoms with Gasteiger partial charge in [0.05, 0.1) is 22.9 Å². The molecule has 21 heavy (non-hydrogen) atoms. The van der Waals surface area contributed by atoms with Crippen LogP contribution in [-0.2, 0) is 15.9 Å². The average molecular weight is 351 g/mol. The zero-order chi connectivity index (χ0) is 14.9. The molecule has 1 aliphatic rings. The second kappa shape index (κ2) is 5.91. The third-order valence-electron chi connectivity index (χ3n) is 3.61. The maximum atomic E-state index is 5.83. The number of hydrogen-bond donors (Lipinski definition) is 1. The Balaban J connectivity index is 1.66. The average Bonchev–Trinajstić information content (AvgIpc) is 3.00. The fraction of sp³-hybridized carbons (Fsp3) is 0.438. The number of hydrogen-bond acceptors (Lipinski definition) is 3. The summed E-state index contributed by atoms with van der Waals surface area (Å²) in [6.45, 7) is 4.56. The van der Waals surface area contributed by atoms with Gasteiger partial charge in [0.25, 0.3) is 0 Å². The Bertz CT molecular complexity index is 610. The number of ether oxygens (including phenoxy) is 2. The SMILES string of the molecule is CC1(C)OCC(CCc2[nH]nc(-c3ccccc3)c2Br)O1. The summed E-state index contributed by atoms with van der Waals surface area (Å²) in [5.74, 6) is -0.453. The van der Waals surface area contributed by atoms with Gasteiger partial charge in [-0.15, -0.1) is 0 Å². The highest BCUT2D eigenvalue weighted by Crippen LogP contribution is 2.31. The van der Waals surface area contributed by atoms with E-state index in [2.05, 4.69) is 38.3 Å². The van der Waals surface area contributed by atoms with Crippen LogP contribution in [-0.4, -0.2) is 28.7 Å². The summed E-state index contributed by atoms with van der Waals surface area (Å²) in [4.78, 5) is 0. The largest absolute Gasteiger partial charge is 0.348 e. The van der Waals surface area contributed by atoms with Gasteiger partial charge in [0, 0.05) is 5.56 Å². The van der Waals surface area contributed by atoms with E-state index < -0.39 is 5.79 Å². The molecule has 1 aromatic carbocycles. The number of benzene rings is 1. The van der Waals surface area contributed by atoms with E-state index in [0.29, 0.717) is 6.61 Å².